The molecule has 1 saturated carbocycles. The van der Waals surface area contributed by atoms with Gasteiger partial charge in [0, 0.05) is 18.7 Å². The van der Waals surface area contributed by atoms with Crippen molar-refractivity contribution in [2.24, 2.45) is 11.3 Å². The Morgan fingerprint density at radius 3 is 2.52 bits per heavy atom. The molecule has 3 heteroatoms. The molecule has 2 atom stereocenters. The fourth-order valence-electron chi connectivity index (χ4n) is 3.90. The molecule has 1 aliphatic rings. The minimum atomic E-state index is -0.248. The third-order valence-corrected chi connectivity index (χ3v) is 5.23. The van der Waals surface area contributed by atoms with Crippen LogP contribution in [0.4, 0.5) is 0 Å². The molecule has 0 bridgehead atoms. The van der Waals surface area contributed by atoms with Crippen LogP contribution in [-0.2, 0) is 6.42 Å². The summed E-state index contributed by atoms with van der Waals surface area (Å²) in [5, 5.41) is 15.5. The average molecular weight is 292 g/mol. The molecule has 1 aromatic rings. The van der Waals surface area contributed by atoms with Crippen molar-refractivity contribution in [3.63, 3.8) is 0 Å². The maximum atomic E-state index is 10.9. The molecule has 0 aliphatic heterocycles. The number of nitrogens with zero attached hydrogens (tertiary/aromatic N) is 2. The summed E-state index contributed by atoms with van der Waals surface area (Å²) in [6.45, 7) is 8.90. The van der Waals surface area contributed by atoms with E-state index in [1.807, 2.05) is 4.68 Å². The molecule has 0 radical (unpaired) electrons. The van der Waals surface area contributed by atoms with E-state index in [0.29, 0.717) is 18.4 Å². The van der Waals surface area contributed by atoms with Crippen LogP contribution in [0, 0.1) is 11.3 Å². The number of rotatable bonds is 7. The summed E-state index contributed by atoms with van der Waals surface area (Å²) in [7, 11) is 0. The van der Waals surface area contributed by atoms with Gasteiger partial charge in [0.2, 0.25) is 0 Å². The third-order valence-electron chi connectivity index (χ3n) is 5.23. The summed E-state index contributed by atoms with van der Waals surface area (Å²) in [4.78, 5) is 0. The van der Waals surface area contributed by atoms with Crippen molar-refractivity contribution in [3.8, 4) is 0 Å². The van der Waals surface area contributed by atoms with E-state index in [-0.39, 0.29) is 11.5 Å². The van der Waals surface area contributed by atoms with Gasteiger partial charge in [0.15, 0.2) is 0 Å². The molecule has 0 spiro atoms. The van der Waals surface area contributed by atoms with E-state index in [4.69, 9.17) is 0 Å². The first-order valence-electron chi connectivity index (χ1n) is 8.69. The monoisotopic (exact) mass is 292 g/mol. The van der Waals surface area contributed by atoms with Gasteiger partial charge in [-0.15, -0.1) is 0 Å². The first kappa shape index (κ1) is 16.5. The van der Waals surface area contributed by atoms with Gasteiger partial charge in [-0.1, -0.05) is 33.6 Å². The topological polar surface area (TPSA) is 38.0 Å². The second kappa shape index (κ2) is 6.95. The van der Waals surface area contributed by atoms with E-state index >= 15 is 0 Å². The van der Waals surface area contributed by atoms with Crippen LogP contribution in [0.3, 0.4) is 0 Å². The van der Waals surface area contributed by atoms with Gasteiger partial charge >= 0.3 is 0 Å². The molecule has 0 amide bonds. The number of aliphatic hydroxyl groups excluding tert-OH is 1. The zero-order valence-electron chi connectivity index (χ0n) is 14.2. The van der Waals surface area contributed by atoms with Gasteiger partial charge in [-0.05, 0) is 50.0 Å². The molecule has 1 aromatic heterocycles. The highest BCUT2D eigenvalue weighted by atomic mass is 16.3. The predicted octanol–water partition coefficient (Wildman–Crippen LogP) is 4.36. The van der Waals surface area contributed by atoms with Crippen LogP contribution < -0.4 is 0 Å². The second-order valence-corrected chi connectivity index (χ2v) is 7.43. The summed E-state index contributed by atoms with van der Waals surface area (Å²) in [6.07, 6.45) is 9.63. The van der Waals surface area contributed by atoms with Gasteiger partial charge in [-0.2, -0.15) is 5.10 Å². The Kier molecular flexibility index (Phi) is 5.48. The molecule has 3 nitrogen and oxygen atoms in total. The molecule has 1 aliphatic carbocycles. The first-order chi connectivity index (χ1) is 9.97. The van der Waals surface area contributed by atoms with Crippen LogP contribution >= 0.6 is 0 Å². The number of hydrogen-bond donors (Lipinski definition) is 1. The highest BCUT2D eigenvalue weighted by molar-refractivity contribution is 5.05. The largest absolute Gasteiger partial charge is 0.392 e. The Bertz CT molecular complexity index is 432. The van der Waals surface area contributed by atoms with Gasteiger partial charge < -0.3 is 5.11 Å². The molecule has 1 N–H and O–H groups in total. The Balaban J connectivity index is 2.05. The lowest BCUT2D eigenvalue weighted by Crippen LogP contribution is -2.35. The average Bonchev–Trinajstić information content (AvgIpc) is 3.07. The van der Waals surface area contributed by atoms with Crippen LogP contribution in [0.15, 0.2) is 12.3 Å². The highest BCUT2D eigenvalue weighted by Gasteiger charge is 2.40. The van der Waals surface area contributed by atoms with E-state index in [0.717, 1.165) is 18.5 Å². The Morgan fingerprint density at radius 1 is 1.29 bits per heavy atom. The Morgan fingerprint density at radius 2 is 1.95 bits per heavy atom. The molecule has 1 heterocycles. The van der Waals surface area contributed by atoms with Crippen LogP contribution in [0.25, 0.3) is 0 Å². The number of hydrogen-bond acceptors (Lipinski definition) is 2. The lowest BCUT2D eigenvalue weighted by molar-refractivity contribution is 0.0126. The molecule has 0 aromatic carbocycles. The lowest BCUT2D eigenvalue weighted by atomic mass is 9.73. The summed E-state index contributed by atoms with van der Waals surface area (Å²) in [6, 6.07) is 2.51. The van der Waals surface area contributed by atoms with Gasteiger partial charge in [0.25, 0.3) is 0 Å². The fraction of sp³-hybridized carbons (Fsp3) is 0.833. The van der Waals surface area contributed by atoms with Crippen molar-refractivity contribution in [1.29, 1.82) is 0 Å². The molecular weight excluding hydrogens is 260 g/mol. The number of aliphatic hydroxyl groups is 1. The summed E-state index contributed by atoms with van der Waals surface area (Å²) >= 11 is 0. The highest BCUT2D eigenvalue weighted by Crippen LogP contribution is 2.46. The van der Waals surface area contributed by atoms with Crippen molar-refractivity contribution >= 4 is 0 Å². The SMILES string of the molecule is CCC(C)n1ccc(CC(O)C2(CC(C)C)CCCC2)n1. The van der Waals surface area contributed by atoms with E-state index in [1.54, 1.807) is 0 Å². The molecule has 120 valence electrons. The normalized spacial score (nSPS) is 20.9. The maximum absolute atomic E-state index is 10.9. The molecule has 2 rings (SSSR count). The maximum Gasteiger partial charge on any atom is 0.0652 e. The smallest absolute Gasteiger partial charge is 0.0652 e. The zero-order valence-corrected chi connectivity index (χ0v) is 14.2. The summed E-state index contributed by atoms with van der Waals surface area (Å²) < 4.78 is 2.03. The zero-order chi connectivity index (χ0) is 15.5. The molecule has 2 unspecified atom stereocenters. The quantitative estimate of drug-likeness (QED) is 0.810. The molecule has 1 fully saturated rings. The van der Waals surface area contributed by atoms with Crippen LogP contribution in [-0.4, -0.2) is 21.0 Å². The Labute approximate surface area is 129 Å². The van der Waals surface area contributed by atoms with Crippen molar-refractivity contribution < 1.29 is 5.11 Å². The second-order valence-electron chi connectivity index (χ2n) is 7.43. The Hall–Kier alpha value is -0.830. The predicted molar refractivity (Wildman–Crippen MR) is 87.3 cm³/mol. The molecule has 21 heavy (non-hydrogen) atoms. The summed E-state index contributed by atoms with van der Waals surface area (Å²) in [5.74, 6) is 0.649. The van der Waals surface area contributed by atoms with Gasteiger partial charge in [0.05, 0.1) is 11.8 Å². The van der Waals surface area contributed by atoms with Crippen molar-refractivity contribution in [1.82, 2.24) is 9.78 Å². The van der Waals surface area contributed by atoms with Crippen molar-refractivity contribution in [3.05, 3.63) is 18.0 Å². The standard InChI is InChI=1S/C18H32N2O/c1-5-15(4)20-11-8-16(19-20)12-17(21)18(13-14(2)3)9-6-7-10-18/h8,11,14-15,17,21H,5-7,9-10,12-13H2,1-4H3. The summed E-state index contributed by atoms with van der Waals surface area (Å²) in [5.41, 5.74) is 1.17. The van der Waals surface area contributed by atoms with Crippen LogP contribution in [0.5, 0.6) is 0 Å². The minimum Gasteiger partial charge on any atom is -0.392 e. The first-order valence-corrected chi connectivity index (χ1v) is 8.69. The lowest BCUT2D eigenvalue weighted by Gasteiger charge is -2.35. The van der Waals surface area contributed by atoms with Crippen molar-refractivity contribution in [2.45, 2.75) is 84.8 Å². The molecule has 0 saturated heterocycles. The van der Waals surface area contributed by atoms with E-state index in [2.05, 4.69) is 45.1 Å². The fourth-order valence-corrected chi connectivity index (χ4v) is 3.90. The minimum absolute atomic E-state index is 0.133. The third kappa shape index (κ3) is 3.88. The molecular formula is C18H32N2O. The van der Waals surface area contributed by atoms with Gasteiger partial charge in [-0.25, -0.2) is 0 Å². The van der Waals surface area contributed by atoms with Gasteiger partial charge in [0.1, 0.15) is 0 Å². The van der Waals surface area contributed by atoms with Crippen molar-refractivity contribution in [2.75, 3.05) is 0 Å². The van der Waals surface area contributed by atoms with E-state index in [1.165, 1.54) is 25.7 Å². The van der Waals surface area contributed by atoms with E-state index in [9.17, 15) is 5.11 Å². The van der Waals surface area contributed by atoms with E-state index < -0.39 is 0 Å². The van der Waals surface area contributed by atoms with Gasteiger partial charge in [-0.3, -0.25) is 4.68 Å². The number of aromatic nitrogens is 2. The van der Waals surface area contributed by atoms with Crippen LogP contribution in [0.2, 0.25) is 0 Å². The van der Waals surface area contributed by atoms with Crippen LogP contribution in [0.1, 0.15) is 78.0 Å².